The third-order valence-corrected chi connectivity index (χ3v) is 5.69. The van der Waals surface area contributed by atoms with Gasteiger partial charge in [-0.25, -0.2) is 0 Å². The van der Waals surface area contributed by atoms with Gasteiger partial charge in [-0.1, -0.05) is 38.5 Å². The van der Waals surface area contributed by atoms with Crippen LogP contribution in [0.1, 0.15) is 62.0 Å². The van der Waals surface area contributed by atoms with Crippen molar-refractivity contribution < 1.29 is 19.1 Å². The largest absolute Gasteiger partial charge is 0.481 e. The van der Waals surface area contributed by atoms with Crippen molar-refractivity contribution in [2.75, 3.05) is 18.4 Å². The number of benzene rings is 2. The molecular weight excluding hydrogens is 430 g/mol. The Bertz CT molecular complexity index is 1040. The summed E-state index contributed by atoms with van der Waals surface area (Å²) >= 11 is 0. The summed E-state index contributed by atoms with van der Waals surface area (Å²) in [5, 5.41) is 8.43. The molecule has 0 spiro atoms. The molecule has 1 atom stereocenters. The van der Waals surface area contributed by atoms with E-state index in [0.717, 1.165) is 24.0 Å². The molecule has 0 saturated heterocycles. The van der Waals surface area contributed by atoms with Crippen molar-refractivity contribution in [1.29, 1.82) is 0 Å². The van der Waals surface area contributed by atoms with E-state index in [1.807, 2.05) is 19.1 Å². The van der Waals surface area contributed by atoms with Crippen LogP contribution in [0.25, 0.3) is 0 Å². The smallest absolute Gasteiger partial charge is 0.265 e. The molecule has 0 heterocycles. The first-order chi connectivity index (χ1) is 16.0. The normalized spacial score (nSPS) is 14.1. The Labute approximate surface area is 201 Å². The average molecular weight is 466 g/mol. The Morgan fingerprint density at radius 3 is 2.26 bits per heavy atom. The first-order valence-corrected chi connectivity index (χ1v) is 11.8. The number of rotatable bonds is 9. The third kappa shape index (κ3) is 7.07. The summed E-state index contributed by atoms with van der Waals surface area (Å²) in [6.07, 6.45) is 1.21. The van der Waals surface area contributed by atoms with E-state index in [0.29, 0.717) is 30.1 Å². The molecular formula is C27H35N3O4. The van der Waals surface area contributed by atoms with Gasteiger partial charge >= 0.3 is 0 Å². The number of carbonyl (C=O) groups is 3. The van der Waals surface area contributed by atoms with Crippen LogP contribution in [-0.2, 0) is 15.0 Å². The van der Waals surface area contributed by atoms with E-state index >= 15 is 0 Å². The predicted octanol–water partition coefficient (Wildman–Crippen LogP) is 3.95. The summed E-state index contributed by atoms with van der Waals surface area (Å²) in [4.78, 5) is 36.6. The molecule has 0 aromatic heterocycles. The van der Waals surface area contributed by atoms with Crippen LogP contribution < -0.4 is 20.7 Å². The van der Waals surface area contributed by atoms with Crippen LogP contribution in [0.15, 0.2) is 42.5 Å². The van der Waals surface area contributed by atoms with Crippen LogP contribution in [0, 0.1) is 12.8 Å². The Balaban J connectivity index is 1.50. The molecule has 3 amide bonds. The molecule has 2 aromatic rings. The summed E-state index contributed by atoms with van der Waals surface area (Å²) in [7, 11) is 0. The van der Waals surface area contributed by atoms with Gasteiger partial charge in [-0.05, 0) is 68.0 Å². The molecule has 1 saturated carbocycles. The standard InChI is InChI=1S/C27H35N3O4/c1-17-6-13-23(22(16-17)27(3,4)5)34-18(2)24(31)30-21-11-9-20(10-12-21)26(33)29-15-14-28-25(32)19-7-8-19/h6,9-13,16,18-19H,7-8,14-15H2,1-5H3,(H,28,32)(H,29,33)(H,30,31). The molecule has 1 aliphatic rings. The number of anilines is 1. The molecule has 1 aliphatic carbocycles. The quantitative estimate of drug-likeness (QED) is 0.489. The maximum Gasteiger partial charge on any atom is 0.265 e. The summed E-state index contributed by atoms with van der Waals surface area (Å²) in [6.45, 7) is 10.9. The van der Waals surface area contributed by atoms with Gasteiger partial charge in [0.2, 0.25) is 5.91 Å². The number of aryl methyl sites for hydroxylation is 1. The minimum atomic E-state index is -0.697. The maximum atomic E-state index is 12.7. The van der Waals surface area contributed by atoms with Crippen LogP contribution in [0.4, 0.5) is 5.69 Å². The molecule has 0 bridgehead atoms. The van der Waals surface area contributed by atoms with Gasteiger partial charge in [-0.15, -0.1) is 0 Å². The minimum absolute atomic E-state index is 0.0598. The van der Waals surface area contributed by atoms with Crippen molar-refractivity contribution >= 4 is 23.4 Å². The third-order valence-electron chi connectivity index (χ3n) is 5.69. The van der Waals surface area contributed by atoms with Gasteiger partial charge in [0.15, 0.2) is 6.10 Å². The van der Waals surface area contributed by atoms with E-state index in [9.17, 15) is 14.4 Å². The van der Waals surface area contributed by atoms with Crippen molar-refractivity contribution in [1.82, 2.24) is 10.6 Å². The number of hydrogen-bond acceptors (Lipinski definition) is 4. The molecule has 1 fully saturated rings. The van der Waals surface area contributed by atoms with E-state index in [-0.39, 0.29) is 29.1 Å². The lowest BCUT2D eigenvalue weighted by Crippen LogP contribution is -2.35. The van der Waals surface area contributed by atoms with Crippen molar-refractivity contribution in [3.8, 4) is 5.75 Å². The van der Waals surface area contributed by atoms with Gasteiger partial charge < -0.3 is 20.7 Å². The molecule has 1 unspecified atom stereocenters. The number of nitrogens with one attached hydrogen (secondary N) is 3. The van der Waals surface area contributed by atoms with Crippen LogP contribution in [0.2, 0.25) is 0 Å². The minimum Gasteiger partial charge on any atom is -0.481 e. The number of hydrogen-bond donors (Lipinski definition) is 3. The van der Waals surface area contributed by atoms with Gasteiger partial charge in [0.25, 0.3) is 11.8 Å². The van der Waals surface area contributed by atoms with Crippen LogP contribution in [0.5, 0.6) is 5.75 Å². The molecule has 3 N–H and O–H groups in total. The molecule has 3 rings (SSSR count). The van der Waals surface area contributed by atoms with Crippen LogP contribution in [-0.4, -0.2) is 36.9 Å². The highest BCUT2D eigenvalue weighted by Gasteiger charge is 2.29. The maximum absolute atomic E-state index is 12.7. The number of carbonyl (C=O) groups excluding carboxylic acids is 3. The van der Waals surface area contributed by atoms with Crippen LogP contribution in [0.3, 0.4) is 0 Å². The van der Waals surface area contributed by atoms with E-state index < -0.39 is 6.10 Å². The lowest BCUT2D eigenvalue weighted by Gasteiger charge is -2.25. The average Bonchev–Trinajstić information content (AvgIpc) is 3.63. The highest BCUT2D eigenvalue weighted by molar-refractivity contribution is 5.96. The van der Waals surface area contributed by atoms with Crippen LogP contribution >= 0.6 is 0 Å². The van der Waals surface area contributed by atoms with Gasteiger partial charge in [0, 0.05) is 30.3 Å². The highest BCUT2D eigenvalue weighted by atomic mass is 16.5. The first-order valence-electron chi connectivity index (χ1n) is 11.8. The van der Waals surface area contributed by atoms with Gasteiger partial charge in [-0.2, -0.15) is 0 Å². The van der Waals surface area contributed by atoms with E-state index in [1.165, 1.54) is 0 Å². The summed E-state index contributed by atoms with van der Waals surface area (Å²) in [5.41, 5.74) is 3.13. The van der Waals surface area contributed by atoms with Crippen molar-refractivity contribution in [2.24, 2.45) is 5.92 Å². The Kier molecular flexibility index (Phi) is 7.97. The van der Waals surface area contributed by atoms with E-state index in [2.05, 4.69) is 42.8 Å². The lowest BCUT2D eigenvalue weighted by atomic mass is 9.85. The monoisotopic (exact) mass is 465 g/mol. The zero-order chi connectivity index (χ0) is 24.9. The van der Waals surface area contributed by atoms with Crippen molar-refractivity contribution in [3.05, 3.63) is 59.2 Å². The predicted molar refractivity (Wildman–Crippen MR) is 133 cm³/mol. The molecule has 0 aliphatic heterocycles. The Morgan fingerprint density at radius 2 is 1.65 bits per heavy atom. The SMILES string of the molecule is Cc1ccc(OC(C)C(=O)Nc2ccc(C(=O)NCCNC(=O)C3CC3)cc2)c(C(C)(C)C)c1. The fraction of sp³-hybridized carbons (Fsp3) is 0.444. The lowest BCUT2D eigenvalue weighted by molar-refractivity contribution is -0.122. The zero-order valence-electron chi connectivity index (χ0n) is 20.7. The molecule has 7 heteroatoms. The number of amides is 3. The molecule has 2 aromatic carbocycles. The second kappa shape index (κ2) is 10.7. The number of ether oxygens (including phenoxy) is 1. The highest BCUT2D eigenvalue weighted by Crippen LogP contribution is 2.33. The molecule has 7 nitrogen and oxygen atoms in total. The zero-order valence-corrected chi connectivity index (χ0v) is 20.7. The summed E-state index contributed by atoms with van der Waals surface area (Å²) in [5.74, 6) is 0.406. The molecule has 0 radical (unpaired) electrons. The van der Waals surface area contributed by atoms with Gasteiger partial charge in [0.05, 0.1) is 0 Å². The van der Waals surface area contributed by atoms with Crippen molar-refractivity contribution in [3.63, 3.8) is 0 Å². The second-order valence-electron chi connectivity index (χ2n) is 9.90. The van der Waals surface area contributed by atoms with Gasteiger partial charge in [0.1, 0.15) is 5.75 Å². The second-order valence-corrected chi connectivity index (χ2v) is 9.90. The molecule has 182 valence electrons. The van der Waals surface area contributed by atoms with Gasteiger partial charge in [-0.3, -0.25) is 14.4 Å². The topological polar surface area (TPSA) is 96.5 Å². The fourth-order valence-corrected chi connectivity index (χ4v) is 3.48. The fourth-order valence-electron chi connectivity index (χ4n) is 3.48. The summed E-state index contributed by atoms with van der Waals surface area (Å²) < 4.78 is 6.01. The molecule has 34 heavy (non-hydrogen) atoms. The Morgan fingerprint density at radius 1 is 1.00 bits per heavy atom. The van der Waals surface area contributed by atoms with Crippen molar-refractivity contribution in [2.45, 2.75) is 59.0 Å². The van der Waals surface area contributed by atoms with E-state index in [4.69, 9.17) is 4.74 Å². The Hall–Kier alpha value is -3.35. The van der Waals surface area contributed by atoms with E-state index in [1.54, 1.807) is 31.2 Å². The first kappa shape index (κ1) is 25.3. The summed E-state index contributed by atoms with van der Waals surface area (Å²) in [6, 6.07) is 12.6.